The number of hydrogen-bond donors (Lipinski definition) is 0. The van der Waals surface area contributed by atoms with Crippen molar-refractivity contribution in [3.8, 4) is 0 Å². The number of benzene rings is 1. The Kier molecular flexibility index (Phi) is 7.01. The van der Waals surface area contributed by atoms with Gasteiger partial charge in [0.25, 0.3) is 0 Å². The van der Waals surface area contributed by atoms with Crippen molar-refractivity contribution in [1.82, 2.24) is 24.6 Å². The minimum atomic E-state index is -0.0850. The second-order valence-corrected chi connectivity index (χ2v) is 10.8. The molecule has 0 amide bonds. The molecule has 0 N–H and O–H groups in total. The van der Waals surface area contributed by atoms with Crippen molar-refractivity contribution in [2.24, 2.45) is 5.92 Å². The van der Waals surface area contributed by atoms with Crippen LogP contribution in [0.1, 0.15) is 63.3 Å². The lowest BCUT2D eigenvalue weighted by Crippen LogP contribution is -2.50. The van der Waals surface area contributed by atoms with Gasteiger partial charge in [-0.2, -0.15) is 5.10 Å². The highest BCUT2D eigenvalue weighted by molar-refractivity contribution is 6.35. The Morgan fingerprint density at radius 1 is 1.06 bits per heavy atom. The van der Waals surface area contributed by atoms with Gasteiger partial charge in [0.1, 0.15) is 11.3 Å². The molecule has 2 aliphatic rings. The predicted octanol–water partition coefficient (Wildman–Crippen LogP) is 6.14. The Balaban J connectivity index is 1.40. The van der Waals surface area contributed by atoms with Crippen LogP contribution in [0.15, 0.2) is 24.4 Å². The van der Waals surface area contributed by atoms with Crippen molar-refractivity contribution in [3.63, 3.8) is 0 Å². The van der Waals surface area contributed by atoms with Gasteiger partial charge in [-0.1, -0.05) is 49.0 Å². The van der Waals surface area contributed by atoms with Gasteiger partial charge in [0.2, 0.25) is 0 Å². The molecule has 3 atom stereocenters. The van der Waals surface area contributed by atoms with Crippen molar-refractivity contribution in [2.45, 2.75) is 65.0 Å². The van der Waals surface area contributed by atoms with Crippen LogP contribution >= 0.6 is 23.2 Å². The molecular formula is C26H34Cl2N6. The molecule has 4 heterocycles. The molecule has 182 valence electrons. The number of piperidine rings is 1. The molecule has 34 heavy (non-hydrogen) atoms. The summed E-state index contributed by atoms with van der Waals surface area (Å²) < 4.78 is 1.95. The van der Waals surface area contributed by atoms with Gasteiger partial charge in [-0.25, -0.2) is 14.6 Å². The van der Waals surface area contributed by atoms with E-state index >= 15 is 0 Å². The molecule has 5 rings (SSSR count). The maximum Gasteiger partial charge on any atom is 0.179 e. The van der Waals surface area contributed by atoms with Crippen molar-refractivity contribution in [3.05, 3.63) is 45.7 Å². The van der Waals surface area contributed by atoms with E-state index in [2.05, 4.69) is 23.6 Å². The maximum absolute atomic E-state index is 6.52. The molecule has 2 aliphatic heterocycles. The van der Waals surface area contributed by atoms with E-state index in [1.165, 1.54) is 45.2 Å². The lowest BCUT2D eigenvalue weighted by Gasteiger charge is -2.42. The standard InChI is InChI=1S/C26H34Cl2N6/c1-17-16-33(13-10-23(17)32-11-6-4-5-7-12-32)24-15-29-25-18(2)31-34(26(25)30-24)19(3)21-9-8-20(27)14-22(21)28/h8-9,14-15,17,19,23H,4-7,10-13,16H2,1-3H3/t17-,19?,23+/m1/s1. The zero-order valence-electron chi connectivity index (χ0n) is 20.3. The predicted molar refractivity (Wildman–Crippen MR) is 140 cm³/mol. The number of likely N-dealkylation sites (tertiary alicyclic amines) is 1. The van der Waals surface area contributed by atoms with Gasteiger partial charge < -0.3 is 4.90 Å². The average molecular weight is 502 g/mol. The van der Waals surface area contributed by atoms with Gasteiger partial charge in [0, 0.05) is 29.2 Å². The number of fused-ring (bicyclic) bond motifs is 1. The first kappa shape index (κ1) is 23.8. The van der Waals surface area contributed by atoms with Crippen LogP contribution in [0, 0.1) is 12.8 Å². The fourth-order valence-electron chi connectivity index (χ4n) is 5.75. The summed E-state index contributed by atoms with van der Waals surface area (Å²) in [7, 11) is 0. The van der Waals surface area contributed by atoms with Crippen molar-refractivity contribution in [1.29, 1.82) is 0 Å². The van der Waals surface area contributed by atoms with Gasteiger partial charge in [-0.3, -0.25) is 4.90 Å². The minimum absolute atomic E-state index is 0.0850. The van der Waals surface area contributed by atoms with Crippen molar-refractivity contribution in [2.75, 3.05) is 31.1 Å². The van der Waals surface area contributed by atoms with Crippen LogP contribution < -0.4 is 4.90 Å². The Hall–Kier alpha value is -1.89. The molecule has 1 aromatic carbocycles. The molecule has 2 saturated heterocycles. The third-order valence-electron chi connectivity index (χ3n) is 7.63. The maximum atomic E-state index is 6.52. The molecule has 1 unspecified atom stereocenters. The van der Waals surface area contributed by atoms with Crippen LogP contribution in [0.4, 0.5) is 5.82 Å². The first-order valence-electron chi connectivity index (χ1n) is 12.6. The Bertz CT molecular complexity index is 1150. The average Bonchev–Trinajstić information content (AvgIpc) is 2.98. The van der Waals surface area contributed by atoms with E-state index in [1.807, 2.05) is 29.9 Å². The zero-order chi connectivity index (χ0) is 23.8. The highest BCUT2D eigenvalue weighted by Crippen LogP contribution is 2.32. The second-order valence-electron chi connectivity index (χ2n) is 10.0. The quantitative estimate of drug-likeness (QED) is 0.430. The largest absolute Gasteiger partial charge is 0.355 e. The molecular weight excluding hydrogens is 467 g/mol. The van der Waals surface area contributed by atoms with Gasteiger partial charge in [-0.05, 0) is 69.8 Å². The summed E-state index contributed by atoms with van der Waals surface area (Å²) in [5, 5.41) is 6.05. The van der Waals surface area contributed by atoms with E-state index in [-0.39, 0.29) is 6.04 Å². The van der Waals surface area contributed by atoms with E-state index in [0.717, 1.165) is 41.3 Å². The molecule has 0 aliphatic carbocycles. The number of halogens is 2. The highest BCUT2D eigenvalue weighted by atomic mass is 35.5. The third kappa shape index (κ3) is 4.65. The van der Waals surface area contributed by atoms with E-state index in [4.69, 9.17) is 38.3 Å². The van der Waals surface area contributed by atoms with Crippen LogP contribution in [0.25, 0.3) is 11.2 Å². The number of aryl methyl sites for hydroxylation is 1. The second kappa shape index (κ2) is 10.00. The summed E-state index contributed by atoms with van der Waals surface area (Å²) in [5.41, 5.74) is 3.48. The first-order valence-corrected chi connectivity index (χ1v) is 13.3. The molecule has 6 nitrogen and oxygen atoms in total. The van der Waals surface area contributed by atoms with E-state index in [9.17, 15) is 0 Å². The van der Waals surface area contributed by atoms with Crippen molar-refractivity contribution >= 4 is 40.2 Å². The van der Waals surface area contributed by atoms with Crippen LogP contribution in [0.5, 0.6) is 0 Å². The van der Waals surface area contributed by atoms with Crippen LogP contribution in [0.2, 0.25) is 10.0 Å². The normalized spacial score (nSPS) is 23.3. The Labute approximate surface area is 212 Å². The van der Waals surface area contributed by atoms with E-state index in [0.29, 0.717) is 22.0 Å². The molecule has 0 bridgehead atoms. The summed E-state index contributed by atoms with van der Waals surface area (Å²) in [4.78, 5) is 15.0. The van der Waals surface area contributed by atoms with Gasteiger partial charge in [0.15, 0.2) is 5.65 Å². The number of hydrogen-bond acceptors (Lipinski definition) is 5. The van der Waals surface area contributed by atoms with Crippen LogP contribution in [-0.2, 0) is 0 Å². The smallest absolute Gasteiger partial charge is 0.179 e. The number of aromatic nitrogens is 4. The first-order chi connectivity index (χ1) is 16.4. The van der Waals surface area contributed by atoms with E-state index in [1.54, 1.807) is 6.07 Å². The topological polar surface area (TPSA) is 50.1 Å². The number of nitrogens with zero attached hydrogens (tertiary/aromatic N) is 6. The number of anilines is 1. The van der Waals surface area contributed by atoms with Crippen LogP contribution in [0.3, 0.4) is 0 Å². The molecule has 8 heteroatoms. The van der Waals surface area contributed by atoms with Gasteiger partial charge >= 0.3 is 0 Å². The molecule has 0 spiro atoms. The van der Waals surface area contributed by atoms with Crippen molar-refractivity contribution < 1.29 is 0 Å². The third-order valence-corrected chi connectivity index (χ3v) is 8.19. The van der Waals surface area contributed by atoms with E-state index < -0.39 is 0 Å². The van der Waals surface area contributed by atoms with Gasteiger partial charge in [-0.15, -0.1) is 0 Å². The molecule has 0 saturated carbocycles. The molecule has 0 radical (unpaired) electrons. The fraction of sp³-hybridized carbons (Fsp3) is 0.577. The van der Waals surface area contributed by atoms with Crippen LogP contribution in [-0.4, -0.2) is 56.9 Å². The summed E-state index contributed by atoms with van der Waals surface area (Å²) >= 11 is 12.6. The zero-order valence-corrected chi connectivity index (χ0v) is 21.9. The lowest BCUT2D eigenvalue weighted by atomic mass is 9.92. The minimum Gasteiger partial charge on any atom is -0.355 e. The highest BCUT2D eigenvalue weighted by Gasteiger charge is 2.32. The summed E-state index contributed by atoms with van der Waals surface area (Å²) in [6.45, 7) is 11.0. The lowest BCUT2D eigenvalue weighted by molar-refractivity contribution is 0.132. The monoisotopic (exact) mass is 500 g/mol. The SMILES string of the molecule is Cc1nn(C(C)c2ccc(Cl)cc2Cl)c2nc(N3CC[C@H](N4CCCCCC4)[C@H](C)C3)cnc12. The summed E-state index contributed by atoms with van der Waals surface area (Å²) in [5.74, 6) is 1.53. The Morgan fingerprint density at radius 3 is 2.53 bits per heavy atom. The summed E-state index contributed by atoms with van der Waals surface area (Å²) in [6, 6.07) is 6.19. The fourth-order valence-corrected chi connectivity index (χ4v) is 6.31. The number of rotatable bonds is 4. The Morgan fingerprint density at radius 2 is 1.82 bits per heavy atom. The molecule has 2 aromatic heterocycles. The molecule has 3 aromatic rings. The summed E-state index contributed by atoms with van der Waals surface area (Å²) in [6.07, 6.45) is 8.54. The van der Waals surface area contributed by atoms with Gasteiger partial charge in [0.05, 0.1) is 17.9 Å². The molecule has 2 fully saturated rings.